The van der Waals surface area contributed by atoms with E-state index in [2.05, 4.69) is 0 Å². The van der Waals surface area contributed by atoms with E-state index in [-0.39, 0.29) is 5.91 Å². The molecule has 5 heteroatoms. The first-order chi connectivity index (χ1) is 9.01. The molecule has 104 valence electrons. The van der Waals surface area contributed by atoms with E-state index >= 15 is 0 Å². The smallest absolute Gasteiger partial charge is 0.331 e. The van der Waals surface area contributed by atoms with Crippen molar-refractivity contribution in [3.8, 4) is 5.75 Å². The van der Waals surface area contributed by atoms with Gasteiger partial charge in [0, 0.05) is 13.5 Å². The summed E-state index contributed by atoms with van der Waals surface area (Å²) in [7, 11) is 0. The molecule has 1 aromatic carbocycles. The van der Waals surface area contributed by atoms with Gasteiger partial charge >= 0.3 is 5.97 Å². The van der Waals surface area contributed by atoms with Crippen LogP contribution >= 0.6 is 0 Å². The van der Waals surface area contributed by atoms with Crippen LogP contribution in [0.3, 0.4) is 0 Å². The van der Waals surface area contributed by atoms with Crippen LogP contribution in [0.5, 0.6) is 5.75 Å². The van der Waals surface area contributed by atoms with Crippen LogP contribution in [0.2, 0.25) is 0 Å². The fourth-order valence-electron chi connectivity index (χ4n) is 1.96. The Morgan fingerprint density at radius 3 is 2.21 bits per heavy atom. The molecule has 5 nitrogen and oxygen atoms in total. The first-order valence-electron chi connectivity index (χ1n) is 6.24. The third kappa shape index (κ3) is 3.71. The summed E-state index contributed by atoms with van der Waals surface area (Å²) in [5.41, 5.74) is 0.563. The number of ether oxygens (including phenoxy) is 1. The number of rotatable bonds is 6. The highest BCUT2D eigenvalue weighted by atomic mass is 16.5. The Kier molecular flexibility index (Phi) is 5.36. The summed E-state index contributed by atoms with van der Waals surface area (Å²) in [6.45, 7) is 5.90. The van der Waals surface area contributed by atoms with Crippen molar-refractivity contribution in [2.45, 2.75) is 26.8 Å². The highest BCUT2D eigenvalue weighted by Gasteiger charge is 2.28. The highest BCUT2D eigenvalue weighted by molar-refractivity contribution is 5.83. The third-order valence-corrected chi connectivity index (χ3v) is 2.80. The normalized spacial score (nSPS) is 11.7. The van der Waals surface area contributed by atoms with E-state index in [1.165, 1.54) is 11.8 Å². The number of carboxylic acid groups (broad SMARTS) is 1. The Morgan fingerprint density at radius 1 is 1.26 bits per heavy atom. The van der Waals surface area contributed by atoms with Gasteiger partial charge < -0.3 is 14.7 Å². The second-order valence-corrected chi connectivity index (χ2v) is 4.05. The van der Waals surface area contributed by atoms with Gasteiger partial charge in [0.15, 0.2) is 6.04 Å². The molecule has 0 radical (unpaired) electrons. The Bertz CT molecular complexity index is 441. The average molecular weight is 265 g/mol. The zero-order chi connectivity index (χ0) is 14.4. The largest absolute Gasteiger partial charge is 0.494 e. The molecule has 0 aliphatic carbocycles. The molecule has 1 atom stereocenters. The Balaban J connectivity index is 3.05. The number of nitrogens with zero attached hydrogens (tertiary/aromatic N) is 1. The second kappa shape index (κ2) is 6.78. The lowest BCUT2D eigenvalue weighted by atomic mass is 10.1. The van der Waals surface area contributed by atoms with Crippen molar-refractivity contribution in [1.82, 2.24) is 4.90 Å². The topological polar surface area (TPSA) is 66.8 Å². The first kappa shape index (κ1) is 15.0. The van der Waals surface area contributed by atoms with Crippen molar-refractivity contribution in [1.29, 1.82) is 0 Å². The molecule has 0 aromatic heterocycles. The summed E-state index contributed by atoms with van der Waals surface area (Å²) >= 11 is 0. The Hall–Kier alpha value is -2.04. The van der Waals surface area contributed by atoms with Crippen molar-refractivity contribution in [2.24, 2.45) is 0 Å². The summed E-state index contributed by atoms with van der Waals surface area (Å²) in [6, 6.07) is 5.81. The number of hydrogen-bond acceptors (Lipinski definition) is 3. The number of carbonyl (C=O) groups excluding carboxylic acids is 1. The van der Waals surface area contributed by atoms with Gasteiger partial charge in [-0.1, -0.05) is 12.1 Å². The summed E-state index contributed by atoms with van der Waals surface area (Å²) in [4.78, 5) is 24.2. The molecule has 0 bridgehead atoms. The molecule has 0 aliphatic rings. The Morgan fingerprint density at radius 2 is 1.84 bits per heavy atom. The number of carbonyl (C=O) groups is 2. The lowest BCUT2D eigenvalue weighted by Crippen LogP contribution is -2.37. The minimum atomic E-state index is -1.04. The molecule has 0 saturated heterocycles. The standard InChI is InChI=1S/C14H19NO4/c1-4-15(10(3)16)13(14(17)18)11-6-8-12(9-7-11)19-5-2/h6-9,13H,4-5H2,1-3H3,(H,17,18). The molecular formula is C14H19NO4. The minimum Gasteiger partial charge on any atom is -0.494 e. The number of carboxylic acids is 1. The quantitative estimate of drug-likeness (QED) is 0.855. The van der Waals surface area contributed by atoms with E-state index in [0.717, 1.165) is 0 Å². The fraction of sp³-hybridized carbons (Fsp3) is 0.429. The molecule has 1 aromatic rings. The maximum Gasteiger partial charge on any atom is 0.331 e. The zero-order valence-electron chi connectivity index (χ0n) is 11.4. The van der Waals surface area contributed by atoms with Gasteiger partial charge in [-0.05, 0) is 31.5 Å². The van der Waals surface area contributed by atoms with E-state index in [4.69, 9.17) is 4.74 Å². The number of amides is 1. The number of hydrogen-bond donors (Lipinski definition) is 1. The van der Waals surface area contributed by atoms with Crippen molar-refractivity contribution < 1.29 is 19.4 Å². The number of benzene rings is 1. The molecule has 0 spiro atoms. The predicted molar refractivity (Wildman–Crippen MR) is 71.0 cm³/mol. The van der Waals surface area contributed by atoms with Crippen LogP contribution < -0.4 is 4.74 Å². The van der Waals surface area contributed by atoms with Crippen LogP contribution in [-0.2, 0) is 9.59 Å². The van der Waals surface area contributed by atoms with Crippen molar-refractivity contribution in [3.63, 3.8) is 0 Å². The van der Waals surface area contributed by atoms with Crippen LogP contribution in [0.1, 0.15) is 32.4 Å². The minimum absolute atomic E-state index is 0.260. The Labute approximate surface area is 112 Å². The van der Waals surface area contributed by atoms with Crippen molar-refractivity contribution in [2.75, 3.05) is 13.2 Å². The molecule has 1 unspecified atom stereocenters. The van der Waals surface area contributed by atoms with Crippen LogP contribution in [0.25, 0.3) is 0 Å². The number of aliphatic carboxylic acids is 1. The fourth-order valence-corrected chi connectivity index (χ4v) is 1.96. The van der Waals surface area contributed by atoms with Gasteiger partial charge in [-0.25, -0.2) is 4.79 Å². The van der Waals surface area contributed by atoms with Crippen LogP contribution in [0.4, 0.5) is 0 Å². The van der Waals surface area contributed by atoms with Crippen LogP contribution in [0.15, 0.2) is 24.3 Å². The average Bonchev–Trinajstić information content (AvgIpc) is 2.36. The van der Waals surface area contributed by atoms with E-state index in [1.807, 2.05) is 6.92 Å². The molecule has 0 heterocycles. The number of likely N-dealkylation sites (N-methyl/N-ethyl adjacent to an activating group) is 1. The highest BCUT2D eigenvalue weighted by Crippen LogP contribution is 2.23. The van der Waals surface area contributed by atoms with Crippen LogP contribution in [-0.4, -0.2) is 35.0 Å². The zero-order valence-corrected chi connectivity index (χ0v) is 11.4. The van der Waals surface area contributed by atoms with Gasteiger partial charge in [0.25, 0.3) is 0 Å². The van der Waals surface area contributed by atoms with Crippen molar-refractivity contribution >= 4 is 11.9 Å². The van der Waals surface area contributed by atoms with Gasteiger partial charge in [0.1, 0.15) is 5.75 Å². The lowest BCUT2D eigenvalue weighted by Gasteiger charge is -2.27. The van der Waals surface area contributed by atoms with E-state index in [1.54, 1.807) is 31.2 Å². The summed E-state index contributed by atoms with van der Waals surface area (Å²) in [5, 5.41) is 9.32. The molecule has 0 fully saturated rings. The van der Waals surface area contributed by atoms with E-state index in [0.29, 0.717) is 24.5 Å². The van der Waals surface area contributed by atoms with Gasteiger partial charge in [0.2, 0.25) is 5.91 Å². The molecule has 1 amide bonds. The molecular weight excluding hydrogens is 246 g/mol. The van der Waals surface area contributed by atoms with Gasteiger partial charge in [-0.2, -0.15) is 0 Å². The molecule has 19 heavy (non-hydrogen) atoms. The summed E-state index contributed by atoms with van der Waals surface area (Å²) < 4.78 is 5.31. The predicted octanol–water partition coefficient (Wildman–Crippen LogP) is 2.08. The van der Waals surface area contributed by atoms with Crippen molar-refractivity contribution in [3.05, 3.63) is 29.8 Å². The molecule has 1 N–H and O–H groups in total. The molecule has 1 rings (SSSR count). The molecule has 0 saturated carbocycles. The second-order valence-electron chi connectivity index (χ2n) is 4.05. The van der Waals surface area contributed by atoms with E-state index < -0.39 is 12.0 Å². The first-order valence-corrected chi connectivity index (χ1v) is 6.24. The van der Waals surface area contributed by atoms with Crippen LogP contribution in [0, 0.1) is 0 Å². The molecule has 0 aliphatic heterocycles. The maximum absolute atomic E-state index is 11.5. The van der Waals surface area contributed by atoms with Gasteiger partial charge in [-0.15, -0.1) is 0 Å². The SMILES string of the molecule is CCOc1ccc(C(C(=O)O)N(CC)C(C)=O)cc1. The maximum atomic E-state index is 11.5. The third-order valence-electron chi connectivity index (χ3n) is 2.80. The van der Waals surface area contributed by atoms with Gasteiger partial charge in [-0.3, -0.25) is 4.79 Å². The van der Waals surface area contributed by atoms with Gasteiger partial charge in [0.05, 0.1) is 6.61 Å². The van der Waals surface area contributed by atoms with E-state index in [9.17, 15) is 14.7 Å². The lowest BCUT2D eigenvalue weighted by molar-refractivity contribution is -0.149. The summed E-state index contributed by atoms with van der Waals surface area (Å²) in [5.74, 6) is -0.619. The summed E-state index contributed by atoms with van der Waals surface area (Å²) in [6.07, 6.45) is 0. The monoisotopic (exact) mass is 265 g/mol.